The Morgan fingerprint density at radius 1 is 1.33 bits per heavy atom. The molecule has 0 bridgehead atoms. The van der Waals surface area contributed by atoms with Crippen LogP contribution in [0.2, 0.25) is 0 Å². The second-order valence-corrected chi connectivity index (χ2v) is 5.31. The first-order valence-corrected chi connectivity index (χ1v) is 6.66. The Morgan fingerprint density at radius 3 is 2.52 bits per heavy atom. The third kappa shape index (κ3) is 3.04. The Kier molecular flexibility index (Phi) is 4.01. The Labute approximate surface area is 119 Å². The molecule has 1 atom stereocenters. The van der Waals surface area contributed by atoms with E-state index in [1.54, 1.807) is 13.8 Å². The largest absolute Gasteiger partial charge is 0.445 e. The van der Waals surface area contributed by atoms with Crippen molar-refractivity contribution in [2.45, 2.75) is 44.9 Å². The maximum Gasteiger partial charge on any atom is 0.417 e. The topological polar surface area (TPSA) is 66.6 Å². The van der Waals surface area contributed by atoms with Crippen molar-refractivity contribution in [3.05, 3.63) is 17.3 Å². The Bertz CT molecular complexity index is 541. The number of oxazole rings is 1. The standard InChI is InChI=1S/C13H17F3N2O3/c1-8-10(17-9(2)21-8)11(19)18-6-3-4-12(20,5-7-18)13(14,15)16/h20H,3-7H2,1-2H3. The van der Waals surface area contributed by atoms with Gasteiger partial charge in [0.05, 0.1) is 0 Å². The van der Waals surface area contributed by atoms with Crippen molar-refractivity contribution in [1.29, 1.82) is 0 Å². The maximum atomic E-state index is 12.8. The average molecular weight is 306 g/mol. The molecule has 0 aromatic carbocycles. The summed E-state index contributed by atoms with van der Waals surface area (Å²) in [7, 11) is 0. The minimum absolute atomic E-state index is 0.0810. The Morgan fingerprint density at radius 2 is 2.00 bits per heavy atom. The molecule has 2 rings (SSSR count). The normalized spacial score (nSPS) is 24.0. The van der Waals surface area contributed by atoms with Gasteiger partial charge in [-0.1, -0.05) is 0 Å². The van der Waals surface area contributed by atoms with Gasteiger partial charge in [0, 0.05) is 26.4 Å². The highest BCUT2D eigenvalue weighted by Crippen LogP contribution is 2.38. The highest BCUT2D eigenvalue weighted by molar-refractivity contribution is 5.93. The fourth-order valence-corrected chi connectivity index (χ4v) is 2.48. The average Bonchev–Trinajstić information content (AvgIpc) is 2.58. The zero-order valence-electron chi connectivity index (χ0n) is 11.8. The van der Waals surface area contributed by atoms with E-state index in [4.69, 9.17) is 4.42 Å². The van der Waals surface area contributed by atoms with Crippen LogP contribution in [0, 0.1) is 13.8 Å². The molecule has 5 nitrogen and oxygen atoms in total. The summed E-state index contributed by atoms with van der Waals surface area (Å²) in [6, 6.07) is 0. The lowest BCUT2D eigenvalue weighted by molar-refractivity contribution is -0.263. The van der Waals surface area contributed by atoms with Crippen molar-refractivity contribution in [2.24, 2.45) is 0 Å². The minimum atomic E-state index is -4.69. The lowest BCUT2D eigenvalue weighted by atomic mass is 9.94. The number of aryl methyl sites for hydroxylation is 2. The summed E-state index contributed by atoms with van der Waals surface area (Å²) >= 11 is 0. The molecule has 21 heavy (non-hydrogen) atoms. The molecule has 1 N–H and O–H groups in total. The summed E-state index contributed by atoms with van der Waals surface area (Å²) in [5.74, 6) is 0.209. The molecule has 8 heteroatoms. The van der Waals surface area contributed by atoms with Gasteiger partial charge >= 0.3 is 6.18 Å². The molecule has 1 aromatic heterocycles. The van der Waals surface area contributed by atoms with Gasteiger partial charge in [0.15, 0.2) is 17.2 Å². The predicted octanol–water partition coefficient (Wildman–Crippen LogP) is 2.21. The first-order chi connectivity index (χ1) is 9.64. The summed E-state index contributed by atoms with van der Waals surface area (Å²) in [6.07, 6.45) is -5.54. The third-order valence-electron chi connectivity index (χ3n) is 3.73. The number of halogens is 3. The van der Waals surface area contributed by atoms with Gasteiger partial charge in [-0.3, -0.25) is 4.79 Å². The van der Waals surface area contributed by atoms with E-state index >= 15 is 0 Å². The molecular formula is C13H17F3N2O3. The molecule has 2 heterocycles. The van der Waals surface area contributed by atoms with Gasteiger partial charge in [-0.2, -0.15) is 13.2 Å². The van der Waals surface area contributed by atoms with E-state index in [2.05, 4.69) is 4.98 Å². The molecule has 118 valence electrons. The molecule has 0 aliphatic carbocycles. The number of aliphatic hydroxyl groups is 1. The van der Waals surface area contributed by atoms with Crippen molar-refractivity contribution in [1.82, 2.24) is 9.88 Å². The van der Waals surface area contributed by atoms with Gasteiger partial charge in [0.1, 0.15) is 5.76 Å². The van der Waals surface area contributed by atoms with Crippen LogP contribution in [-0.2, 0) is 0 Å². The SMILES string of the molecule is Cc1nc(C(=O)N2CCCC(O)(C(F)(F)F)CC2)c(C)o1. The summed E-state index contributed by atoms with van der Waals surface area (Å²) in [5, 5.41) is 9.72. The van der Waals surface area contributed by atoms with E-state index < -0.39 is 30.5 Å². The third-order valence-corrected chi connectivity index (χ3v) is 3.73. The minimum Gasteiger partial charge on any atom is -0.445 e. The molecule has 0 spiro atoms. The Hall–Kier alpha value is -1.57. The van der Waals surface area contributed by atoms with Gasteiger partial charge in [0.2, 0.25) is 0 Å². The van der Waals surface area contributed by atoms with Gasteiger partial charge in [-0.15, -0.1) is 0 Å². The number of alkyl halides is 3. The van der Waals surface area contributed by atoms with E-state index in [1.165, 1.54) is 4.90 Å². The van der Waals surface area contributed by atoms with E-state index in [0.717, 1.165) is 0 Å². The van der Waals surface area contributed by atoms with E-state index in [0.29, 0.717) is 11.7 Å². The van der Waals surface area contributed by atoms with Gasteiger partial charge in [-0.05, 0) is 19.8 Å². The van der Waals surface area contributed by atoms with Crippen molar-refractivity contribution < 1.29 is 27.5 Å². The van der Waals surface area contributed by atoms with Crippen molar-refractivity contribution in [3.63, 3.8) is 0 Å². The van der Waals surface area contributed by atoms with Crippen LogP contribution < -0.4 is 0 Å². The molecule has 0 saturated carbocycles. The molecule has 1 fully saturated rings. The van der Waals surface area contributed by atoms with E-state index in [9.17, 15) is 23.1 Å². The number of carbonyl (C=O) groups excluding carboxylic acids is 1. The Balaban J connectivity index is 2.13. The zero-order chi connectivity index (χ0) is 15.8. The highest BCUT2D eigenvalue weighted by Gasteiger charge is 2.53. The summed E-state index contributed by atoms with van der Waals surface area (Å²) < 4.78 is 43.7. The summed E-state index contributed by atoms with van der Waals surface area (Å²) in [6.45, 7) is 3.16. The number of aromatic nitrogens is 1. The van der Waals surface area contributed by atoms with Crippen LogP contribution in [0.4, 0.5) is 13.2 Å². The van der Waals surface area contributed by atoms with Gasteiger partial charge < -0.3 is 14.4 Å². The van der Waals surface area contributed by atoms with Crippen LogP contribution in [0.3, 0.4) is 0 Å². The molecule has 1 aliphatic heterocycles. The molecule has 1 amide bonds. The molecule has 1 aromatic rings. The summed E-state index contributed by atoms with van der Waals surface area (Å²) in [5.41, 5.74) is -2.61. The van der Waals surface area contributed by atoms with E-state index in [-0.39, 0.29) is 25.2 Å². The monoisotopic (exact) mass is 306 g/mol. The zero-order valence-corrected chi connectivity index (χ0v) is 11.8. The van der Waals surface area contributed by atoms with Crippen molar-refractivity contribution >= 4 is 5.91 Å². The number of rotatable bonds is 1. The first kappa shape index (κ1) is 15.8. The second-order valence-electron chi connectivity index (χ2n) is 5.31. The number of nitrogens with zero attached hydrogens (tertiary/aromatic N) is 2. The molecule has 0 radical (unpaired) electrons. The maximum absolute atomic E-state index is 12.8. The number of likely N-dealkylation sites (tertiary alicyclic amines) is 1. The smallest absolute Gasteiger partial charge is 0.417 e. The van der Waals surface area contributed by atoms with Crippen LogP contribution in [0.1, 0.15) is 41.4 Å². The van der Waals surface area contributed by atoms with Crippen molar-refractivity contribution in [2.75, 3.05) is 13.1 Å². The molecular weight excluding hydrogens is 289 g/mol. The van der Waals surface area contributed by atoms with Crippen LogP contribution in [0.5, 0.6) is 0 Å². The van der Waals surface area contributed by atoms with Crippen LogP contribution in [-0.4, -0.2) is 45.8 Å². The quantitative estimate of drug-likeness (QED) is 0.864. The van der Waals surface area contributed by atoms with E-state index in [1.807, 2.05) is 0 Å². The number of amides is 1. The molecule has 1 aliphatic rings. The predicted molar refractivity (Wildman–Crippen MR) is 66.7 cm³/mol. The van der Waals surface area contributed by atoms with Gasteiger partial charge in [0.25, 0.3) is 5.91 Å². The second kappa shape index (κ2) is 5.32. The van der Waals surface area contributed by atoms with Crippen LogP contribution in [0.15, 0.2) is 4.42 Å². The number of carbonyl (C=O) groups is 1. The fraction of sp³-hybridized carbons (Fsp3) is 0.692. The van der Waals surface area contributed by atoms with Gasteiger partial charge in [-0.25, -0.2) is 4.98 Å². The first-order valence-electron chi connectivity index (χ1n) is 6.66. The molecule has 1 unspecified atom stereocenters. The number of hydrogen-bond acceptors (Lipinski definition) is 4. The van der Waals surface area contributed by atoms with Crippen molar-refractivity contribution in [3.8, 4) is 0 Å². The lowest BCUT2D eigenvalue weighted by Gasteiger charge is -2.29. The fourth-order valence-electron chi connectivity index (χ4n) is 2.48. The van der Waals surface area contributed by atoms with Crippen LogP contribution >= 0.6 is 0 Å². The molecule has 1 saturated heterocycles. The lowest BCUT2D eigenvalue weighted by Crippen LogP contribution is -2.46. The number of hydrogen-bond donors (Lipinski definition) is 1. The van der Waals surface area contributed by atoms with Crippen LogP contribution in [0.25, 0.3) is 0 Å². The summed E-state index contributed by atoms with van der Waals surface area (Å²) in [4.78, 5) is 17.5. The highest BCUT2D eigenvalue weighted by atomic mass is 19.4.